The maximum Gasteiger partial charge on any atom is 0.185 e. The Labute approximate surface area is 701 Å². The Kier molecular flexibility index (Phi) is 24.2. The standard InChI is InChI=1S/C111H88O9/c1-113-109-63-77(43-47-107(109)119-75-83-59-103(115-71-79-51-95(85-27-11-3-12-28-85)65-96(52-79)86-29-13-4-14-30-86)69-104(60-83)116-72-80-53-97(87-31-15-5-16-32-87)66-98(54-80)88-33-17-6-18-34-88)49-93-45-46-94(111(93)112)50-78-44-48-108(110(64-78)114-2)120-76-84-61-105(117-73-81-55-99(89-35-19-7-20-36-89)67-100(56-81)90-37-21-8-22-38-90)70-106(62-84)118-74-82-57-101(91-39-23-9-24-40-91)68-102(58-82)92-41-25-10-26-42-92/h3-44,47-70H,45-46,71-76H2,1-2H3/b93-49-,94-50-. The third-order valence-electron chi connectivity index (χ3n) is 21.4. The van der Waals surface area contributed by atoms with E-state index in [0.29, 0.717) is 96.4 Å². The molecule has 16 aromatic rings. The highest BCUT2D eigenvalue weighted by Gasteiger charge is 2.25. The van der Waals surface area contributed by atoms with Crippen LogP contribution >= 0.6 is 0 Å². The molecule has 0 N–H and O–H groups in total. The number of hydrogen-bond acceptors (Lipinski definition) is 9. The first-order valence-electron chi connectivity index (χ1n) is 40.5. The number of carbonyl (C=O) groups excluding carboxylic acids is 1. The molecule has 0 aliphatic heterocycles. The molecule has 586 valence electrons. The second-order valence-corrected chi connectivity index (χ2v) is 29.9. The first-order valence-corrected chi connectivity index (χ1v) is 40.5. The van der Waals surface area contributed by atoms with E-state index < -0.39 is 0 Å². The zero-order valence-corrected chi connectivity index (χ0v) is 66.9. The summed E-state index contributed by atoms with van der Waals surface area (Å²) >= 11 is 0. The van der Waals surface area contributed by atoms with Gasteiger partial charge in [-0.3, -0.25) is 4.79 Å². The molecule has 9 heteroatoms. The molecule has 0 radical (unpaired) electrons. The lowest BCUT2D eigenvalue weighted by molar-refractivity contribution is -0.111. The van der Waals surface area contributed by atoms with Gasteiger partial charge in [-0.2, -0.15) is 0 Å². The third-order valence-corrected chi connectivity index (χ3v) is 21.4. The Balaban J connectivity index is 0.595. The van der Waals surface area contributed by atoms with Crippen LogP contribution in [0.3, 0.4) is 0 Å². The number of benzene rings is 16. The summed E-state index contributed by atoms with van der Waals surface area (Å²) < 4.78 is 52.5. The van der Waals surface area contributed by atoms with Crippen molar-refractivity contribution in [2.24, 2.45) is 0 Å². The predicted octanol–water partition coefficient (Wildman–Crippen LogP) is 27.3. The number of Topliss-reactive ketones (excluding diaryl/α,β-unsaturated/α-hetero) is 1. The van der Waals surface area contributed by atoms with Crippen molar-refractivity contribution in [2.45, 2.75) is 52.5 Å². The SMILES string of the molecule is COc1cc(/C=C2/CC/C(=C/c3ccc(OCc4cc(OCc5cc(-c6ccccc6)cc(-c6ccccc6)c5)cc(OCc5cc(-c6ccccc6)cc(-c6ccccc6)c5)c4)c(OC)c3)C2=O)ccc1OCc1cc(OCc2cc(-c3ccccc3)cc(-c3ccccc3)c2)cc(OCc2cc(-c3ccccc3)cc(-c3ccccc3)c2)c1. The van der Waals surface area contributed by atoms with Crippen LogP contribution in [0, 0.1) is 0 Å². The Morgan fingerprint density at radius 1 is 0.208 bits per heavy atom. The van der Waals surface area contributed by atoms with Crippen molar-refractivity contribution in [3.8, 4) is 135 Å². The Bertz CT molecular complexity index is 5380. The molecule has 1 fully saturated rings. The summed E-state index contributed by atoms with van der Waals surface area (Å²) in [6.07, 6.45) is 5.04. The third kappa shape index (κ3) is 19.6. The Hall–Kier alpha value is -14.9. The largest absolute Gasteiger partial charge is 0.493 e. The molecule has 0 saturated heterocycles. The van der Waals surface area contributed by atoms with Crippen molar-refractivity contribution in [2.75, 3.05) is 14.2 Å². The van der Waals surface area contributed by atoms with E-state index in [2.05, 4.69) is 267 Å². The van der Waals surface area contributed by atoms with Gasteiger partial charge < -0.3 is 37.9 Å². The molecule has 1 aliphatic carbocycles. The average Bonchev–Trinajstić information content (AvgIpc) is 1.45. The fourth-order valence-corrected chi connectivity index (χ4v) is 15.4. The van der Waals surface area contributed by atoms with Crippen molar-refractivity contribution >= 4 is 17.9 Å². The minimum absolute atomic E-state index is 0.0176. The predicted molar refractivity (Wildman–Crippen MR) is 484 cm³/mol. The highest BCUT2D eigenvalue weighted by atomic mass is 16.5. The van der Waals surface area contributed by atoms with E-state index >= 15 is 0 Å². The van der Waals surface area contributed by atoms with Crippen molar-refractivity contribution in [3.05, 3.63) is 444 Å². The van der Waals surface area contributed by atoms with Gasteiger partial charge >= 0.3 is 0 Å². The monoisotopic (exact) mass is 1560 g/mol. The molecule has 0 unspecified atom stereocenters. The van der Waals surface area contributed by atoms with Gasteiger partial charge in [-0.25, -0.2) is 0 Å². The van der Waals surface area contributed by atoms with Gasteiger partial charge in [0.05, 0.1) is 14.2 Å². The second kappa shape index (κ2) is 37.3. The smallest absolute Gasteiger partial charge is 0.185 e. The van der Waals surface area contributed by atoms with E-state index in [1.165, 1.54) is 0 Å². The maximum absolute atomic E-state index is 14.4. The van der Waals surface area contributed by atoms with Gasteiger partial charge in [0.25, 0.3) is 0 Å². The van der Waals surface area contributed by atoms with Crippen LogP contribution in [0.5, 0.6) is 46.0 Å². The van der Waals surface area contributed by atoms with E-state index in [1.54, 1.807) is 14.2 Å². The van der Waals surface area contributed by atoms with E-state index in [0.717, 1.165) is 134 Å². The van der Waals surface area contributed by atoms with E-state index in [-0.39, 0.29) is 19.0 Å². The van der Waals surface area contributed by atoms with Gasteiger partial charge in [-0.05, 0) is 280 Å². The minimum atomic E-state index is -0.0176. The van der Waals surface area contributed by atoms with Crippen molar-refractivity contribution in [1.29, 1.82) is 0 Å². The highest BCUT2D eigenvalue weighted by Crippen LogP contribution is 2.40. The van der Waals surface area contributed by atoms with Crippen LogP contribution in [-0.2, 0) is 44.4 Å². The van der Waals surface area contributed by atoms with Crippen LogP contribution in [-0.4, -0.2) is 20.0 Å². The van der Waals surface area contributed by atoms with Crippen molar-refractivity contribution < 1.29 is 42.7 Å². The number of rotatable bonds is 30. The van der Waals surface area contributed by atoms with Crippen molar-refractivity contribution in [3.63, 3.8) is 0 Å². The molecule has 9 nitrogen and oxygen atoms in total. The van der Waals surface area contributed by atoms with E-state index in [9.17, 15) is 4.79 Å². The number of hydrogen-bond donors (Lipinski definition) is 0. The quantitative estimate of drug-likeness (QED) is 0.0408. The van der Waals surface area contributed by atoms with Gasteiger partial charge in [-0.1, -0.05) is 255 Å². The number of ketones is 1. The van der Waals surface area contributed by atoms with Crippen LogP contribution in [0.4, 0.5) is 0 Å². The summed E-state index contributed by atoms with van der Waals surface area (Å²) in [6, 6.07) is 133. The molecule has 0 bridgehead atoms. The molecule has 0 atom stereocenters. The normalized spacial score (nSPS) is 12.4. The van der Waals surface area contributed by atoms with E-state index in [1.807, 2.05) is 133 Å². The second-order valence-electron chi connectivity index (χ2n) is 29.9. The summed E-state index contributed by atoms with van der Waals surface area (Å²) in [6.45, 7) is 1.55. The molecule has 0 heterocycles. The summed E-state index contributed by atoms with van der Waals surface area (Å²) in [5, 5.41) is 0. The number of allylic oxidation sites excluding steroid dienone is 2. The van der Waals surface area contributed by atoms with Gasteiger partial charge in [-0.15, -0.1) is 0 Å². The van der Waals surface area contributed by atoms with Crippen molar-refractivity contribution in [1.82, 2.24) is 0 Å². The van der Waals surface area contributed by atoms with Gasteiger partial charge in [0, 0.05) is 23.3 Å². The van der Waals surface area contributed by atoms with Gasteiger partial charge in [0.2, 0.25) is 0 Å². The lowest BCUT2D eigenvalue weighted by atomic mass is 9.96. The fraction of sp³-hybridized carbons (Fsp3) is 0.0901. The first kappa shape index (κ1) is 77.6. The maximum atomic E-state index is 14.4. The van der Waals surface area contributed by atoms with Gasteiger partial charge in [0.1, 0.15) is 62.6 Å². The molecule has 120 heavy (non-hydrogen) atoms. The molecule has 17 rings (SSSR count). The minimum Gasteiger partial charge on any atom is -0.493 e. The number of ether oxygens (including phenoxy) is 8. The zero-order valence-electron chi connectivity index (χ0n) is 66.9. The number of carbonyl (C=O) groups is 1. The fourth-order valence-electron chi connectivity index (χ4n) is 15.4. The van der Waals surface area contributed by atoms with E-state index in [4.69, 9.17) is 37.9 Å². The zero-order chi connectivity index (χ0) is 81.2. The summed E-state index contributed by atoms with van der Waals surface area (Å²) in [5.41, 5.74) is 26.6. The molecule has 0 aromatic heterocycles. The topological polar surface area (TPSA) is 90.9 Å². The van der Waals surface area contributed by atoms with Crippen LogP contribution in [0.1, 0.15) is 57.3 Å². The molecular formula is C111H88O9. The summed E-state index contributed by atoms with van der Waals surface area (Å²) in [4.78, 5) is 14.4. The molecule has 1 saturated carbocycles. The average molecular weight is 1570 g/mol. The Morgan fingerprint density at radius 2 is 0.417 bits per heavy atom. The van der Waals surface area contributed by atoms with Crippen LogP contribution in [0.25, 0.3) is 101 Å². The summed E-state index contributed by atoms with van der Waals surface area (Å²) in [5.74, 6) is 4.62. The summed E-state index contributed by atoms with van der Waals surface area (Å²) in [7, 11) is 3.25. The van der Waals surface area contributed by atoms with Crippen LogP contribution in [0.15, 0.2) is 399 Å². The lowest BCUT2D eigenvalue weighted by Gasteiger charge is -2.16. The van der Waals surface area contributed by atoms with Crippen LogP contribution < -0.4 is 37.9 Å². The number of methoxy groups -OCH3 is 2. The van der Waals surface area contributed by atoms with Crippen LogP contribution in [0.2, 0.25) is 0 Å². The lowest BCUT2D eigenvalue weighted by Crippen LogP contribution is -2.03. The molecule has 1 aliphatic rings. The molecule has 0 amide bonds. The first-order chi connectivity index (χ1) is 59.2. The highest BCUT2D eigenvalue weighted by molar-refractivity contribution is 6.15. The molecule has 16 aromatic carbocycles. The van der Waals surface area contributed by atoms with Gasteiger partial charge in [0.15, 0.2) is 28.8 Å². The molecule has 0 spiro atoms. The Morgan fingerprint density at radius 3 is 0.633 bits per heavy atom. The molecular weight excluding hydrogens is 1480 g/mol.